The van der Waals surface area contributed by atoms with Gasteiger partial charge in [0.15, 0.2) is 11.9 Å². The van der Waals surface area contributed by atoms with Crippen LogP contribution in [0.5, 0.6) is 0 Å². The van der Waals surface area contributed by atoms with Crippen molar-refractivity contribution in [1.29, 1.82) is 0 Å². The van der Waals surface area contributed by atoms with Gasteiger partial charge in [-0.25, -0.2) is 23.1 Å². The Balaban J connectivity index is 1.69. The molecule has 0 aliphatic heterocycles. The van der Waals surface area contributed by atoms with Crippen molar-refractivity contribution >= 4 is 45.2 Å². The molecular weight excluding hydrogens is 604 g/mol. The normalized spacial score (nSPS) is 12.4. The number of Topliss-reactive ketones (excluding diaryl/α,β-unsaturated/α-hetero) is 1. The number of hydrogen-bond acceptors (Lipinski definition) is 9. The van der Waals surface area contributed by atoms with Gasteiger partial charge in [-0.2, -0.15) is 0 Å². The van der Waals surface area contributed by atoms with Gasteiger partial charge in [-0.05, 0) is 36.1 Å². The van der Waals surface area contributed by atoms with E-state index in [1.807, 2.05) is 0 Å². The summed E-state index contributed by atoms with van der Waals surface area (Å²) in [4.78, 5) is 50.9. The molecule has 1 heterocycles. The fourth-order valence-corrected chi connectivity index (χ4v) is 5.55. The standard InChI is InChI=1S/C28H36N10O6S/c29-27(30)34-11-5-10-21(38-45(42,43)17-18-6-2-1-3-7-18)25(41)35-16-23(39)37-22(24(40)26-33-12-13-44-26)15-19-8-4-9-20(14-19)36-28(31)32/h1-4,6-9,12-14,21-22,38H,5,10-11,15-17H2,(H,35,41)(H,37,39)(H4,29,30,34)(H4,31,32,36)/t21-,22+/m1/s1. The minimum Gasteiger partial charge on any atom is -0.442 e. The number of sulfonamides is 1. The van der Waals surface area contributed by atoms with Crippen molar-refractivity contribution < 1.29 is 27.2 Å². The molecule has 0 aliphatic rings. The van der Waals surface area contributed by atoms with E-state index in [9.17, 15) is 22.8 Å². The summed E-state index contributed by atoms with van der Waals surface area (Å²) in [5.74, 6) is -2.97. The summed E-state index contributed by atoms with van der Waals surface area (Å²) in [6.07, 6.45) is 2.83. The minimum atomic E-state index is -3.96. The topological polar surface area (TPSA) is 276 Å². The van der Waals surface area contributed by atoms with Gasteiger partial charge in [-0.15, -0.1) is 0 Å². The van der Waals surface area contributed by atoms with E-state index in [1.54, 1.807) is 54.6 Å². The predicted octanol–water partition coefficient (Wildman–Crippen LogP) is -0.852. The Morgan fingerprint density at radius 1 is 0.933 bits per heavy atom. The zero-order chi connectivity index (χ0) is 32.8. The number of aliphatic imine (C=N–C) groups is 2. The molecular formula is C28H36N10O6S. The molecule has 45 heavy (non-hydrogen) atoms. The number of guanidine groups is 2. The maximum absolute atomic E-state index is 13.1. The Morgan fingerprint density at radius 3 is 2.33 bits per heavy atom. The average molecular weight is 641 g/mol. The van der Waals surface area contributed by atoms with E-state index in [1.165, 1.54) is 12.5 Å². The SMILES string of the molecule is NC(N)=NCCC[C@@H](NS(=O)(=O)Cc1ccccc1)C(=O)NCC(=O)N[C@@H](Cc1cccc(N=C(N)N)c1)C(=O)c1ncco1. The number of carbonyl (C=O) groups is 3. The van der Waals surface area contributed by atoms with Crippen LogP contribution in [0.1, 0.15) is 34.7 Å². The van der Waals surface area contributed by atoms with Crippen LogP contribution >= 0.6 is 0 Å². The lowest BCUT2D eigenvalue weighted by Crippen LogP contribution is -2.51. The highest BCUT2D eigenvalue weighted by molar-refractivity contribution is 7.88. The number of hydrogen-bond donors (Lipinski definition) is 7. The molecule has 3 rings (SSSR count). The number of oxazole rings is 1. The number of nitrogens with two attached hydrogens (primary N) is 4. The number of aromatic nitrogens is 1. The monoisotopic (exact) mass is 640 g/mol. The van der Waals surface area contributed by atoms with Crippen molar-refractivity contribution in [2.75, 3.05) is 13.1 Å². The number of ketones is 1. The third-order valence-corrected chi connectivity index (χ3v) is 7.47. The number of rotatable bonds is 17. The largest absolute Gasteiger partial charge is 0.442 e. The lowest BCUT2D eigenvalue weighted by atomic mass is 10.0. The number of nitrogens with zero attached hydrogens (tertiary/aromatic N) is 3. The summed E-state index contributed by atoms with van der Waals surface area (Å²) in [7, 11) is -3.96. The second kappa shape index (κ2) is 16.5. The molecule has 1 aromatic heterocycles. The van der Waals surface area contributed by atoms with Gasteiger partial charge in [0.25, 0.3) is 5.89 Å². The second-order valence-electron chi connectivity index (χ2n) is 9.81. The maximum atomic E-state index is 13.1. The fraction of sp³-hybridized carbons (Fsp3) is 0.286. The smallest absolute Gasteiger partial charge is 0.265 e. The van der Waals surface area contributed by atoms with Crippen LogP contribution < -0.4 is 38.3 Å². The zero-order valence-corrected chi connectivity index (χ0v) is 25.1. The molecule has 2 aromatic carbocycles. The number of amides is 2. The Bertz CT molecular complexity index is 1600. The molecule has 16 nitrogen and oxygen atoms in total. The molecule has 0 saturated heterocycles. The van der Waals surface area contributed by atoms with Crippen LogP contribution in [0.3, 0.4) is 0 Å². The summed E-state index contributed by atoms with van der Waals surface area (Å²) in [6, 6.07) is 12.7. The van der Waals surface area contributed by atoms with Crippen molar-refractivity contribution in [3.8, 4) is 0 Å². The van der Waals surface area contributed by atoms with E-state index >= 15 is 0 Å². The van der Waals surface area contributed by atoms with Crippen LogP contribution in [0.2, 0.25) is 0 Å². The van der Waals surface area contributed by atoms with Crippen molar-refractivity contribution in [3.05, 3.63) is 84.1 Å². The average Bonchev–Trinajstić information content (AvgIpc) is 3.52. The lowest BCUT2D eigenvalue weighted by molar-refractivity contribution is -0.127. The molecule has 17 heteroatoms. The van der Waals surface area contributed by atoms with Gasteiger partial charge in [-0.1, -0.05) is 42.5 Å². The molecule has 240 valence electrons. The highest BCUT2D eigenvalue weighted by Crippen LogP contribution is 2.16. The molecule has 2 atom stereocenters. The molecule has 0 fully saturated rings. The van der Waals surface area contributed by atoms with E-state index in [4.69, 9.17) is 27.4 Å². The summed E-state index contributed by atoms with van der Waals surface area (Å²) < 4.78 is 33.3. The molecule has 11 N–H and O–H groups in total. The minimum absolute atomic E-state index is 0.0153. The first kappa shape index (κ1) is 34.2. The Morgan fingerprint density at radius 2 is 1.67 bits per heavy atom. The van der Waals surface area contributed by atoms with E-state index in [2.05, 4.69) is 30.3 Å². The molecule has 0 radical (unpaired) electrons. The van der Waals surface area contributed by atoms with E-state index in [-0.39, 0.29) is 49.4 Å². The van der Waals surface area contributed by atoms with Gasteiger partial charge in [-0.3, -0.25) is 19.4 Å². The first-order chi connectivity index (χ1) is 21.4. The Hall–Kier alpha value is -5.29. The van der Waals surface area contributed by atoms with Gasteiger partial charge in [0, 0.05) is 13.0 Å². The van der Waals surface area contributed by atoms with Gasteiger partial charge in [0.05, 0.1) is 24.2 Å². The first-order valence-electron chi connectivity index (χ1n) is 13.7. The van der Waals surface area contributed by atoms with Crippen molar-refractivity contribution in [2.24, 2.45) is 32.9 Å². The van der Waals surface area contributed by atoms with Crippen LogP contribution in [-0.2, 0) is 31.8 Å². The quantitative estimate of drug-likeness (QED) is 0.0413. The molecule has 0 saturated carbocycles. The maximum Gasteiger partial charge on any atom is 0.265 e. The highest BCUT2D eigenvalue weighted by atomic mass is 32.2. The van der Waals surface area contributed by atoms with E-state index in [0.717, 1.165) is 0 Å². The number of nitrogens with one attached hydrogen (secondary N) is 3. The van der Waals surface area contributed by atoms with Gasteiger partial charge in [0.1, 0.15) is 18.3 Å². The molecule has 0 bridgehead atoms. The van der Waals surface area contributed by atoms with Gasteiger partial charge < -0.3 is 38.0 Å². The van der Waals surface area contributed by atoms with Gasteiger partial charge >= 0.3 is 0 Å². The molecule has 0 unspecified atom stereocenters. The number of carbonyl (C=O) groups excluding carboxylic acids is 3. The zero-order valence-electron chi connectivity index (χ0n) is 24.3. The Labute approximate surface area is 259 Å². The van der Waals surface area contributed by atoms with Crippen molar-refractivity contribution in [2.45, 2.75) is 37.1 Å². The van der Waals surface area contributed by atoms with Crippen LogP contribution in [0.25, 0.3) is 0 Å². The second-order valence-corrected chi connectivity index (χ2v) is 11.6. The summed E-state index contributed by atoms with van der Waals surface area (Å²) >= 11 is 0. The number of benzene rings is 2. The molecule has 0 aliphatic carbocycles. The Kier molecular flexibility index (Phi) is 12.6. The van der Waals surface area contributed by atoms with Crippen molar-refractivity contribution in [3.63, 3.8) is 0 Å². The summed E-state index contributed by atoms with van der Waals surface area (Å²) in [5, 5.41) is 5.01. The van der Waals surface area contributed by atoms with Gasteiger partial charge in [0.2, 0.25) is 27.6 Å². The third kappa shape index (κ3) is 12.1. The predicted molar refractivity (Wildman–Crippen MR) is 167 cm³/mol. The molecule has 3 aromatic rings. The summed E-state index contributed by atoms with van der Waals surface area (Å²) in [6.45, 7) is -0.408. The third-order valence-electron chi connectivity index (χ3n) is 6.11. The molecule has 2 amide bonds. The van der Waals surface area contributed by atoms with Crippen LogP contribution in [0.15, 0.2) is 81.5 Å². The first-order valence-corrected chi connectivity index (χ1v) is 15.4. The summed E-state index contributed by atoms with van der Waals surface area (Å²) in [5.41, 5.74) is 23.2. The van der Waals surface area contributed by atoms with E-state index < -0.39 is 46.2 Å². The molecule has 0 spiro atoms. The van der Waals surface area contributed by atoms with Crippen LogP contribution in [0, 0.1) is 0 Å². The van der Waals surface area contributed by atoms with Crippen LogP contribution in [-0.4, -0.2) is 68.1 Å². The van der Waals surface area contributed by atoms with Crippen LogP contribution in [0.4, 0.5) is 5.69 Å². The fourth-order valence-electron chi connectivity index (χ4n) is 4.18. The van der Waals surface area contributed by atoms with E-state index in [0.29, 0.717) is 16.8 Å². The highest BCUT2D eigenvalue weighted by Gasteiger charge is 2.28. The van der Waals surface area contributed by atoms with Crippen molar-refractivity contribution in [1.82, 2.24) is 20.3 Å². The lowest BCUT2D eigenvalue weighted by Gasteiger charge is -2.20.